The van der Waals surface area contributed by atoms with Crippen LogP contribution in [0.4, 0.5) is 4.39 Å². The number of rotatable bonds is 9. The average molecular weight is 663 g/mol. The summed E-state index contributed by atoms with van der Waals surface area (Å²) in [6.45, 7) is 4.14. The van der Waals surface area contributed by atoms with Gasteiger partial charge in [-0.2, -0.15) is 16.8 Å². The quantitative estimate of drug-likeness (QED) is 0.232. The van der Waals surface area contributed by atoms with Crippen LogP contribution in [-0.2, 0) is 43.4 Å². The van der Waals surface area contributed by atoms with Crippen molar-refractivity contribution in [3.05, 3.63) is 88.2 Å². The van der Waals surface area contributed by atoms with E-state index in [-0.39, 0.29) is 41.2 Å². The van der Waals surface area contributed by atoms with E-state index in [1.165, 1.54) is 24.3 Å². The molecule has 0 spiro atoms. The van der Waals surface area contributed by atoms with Crippen LogP contribution in [0.25, 0.3) is 0 Å². The van der Waals surface area contributed by atoms with E-state index < -0.39 is 43.4 Å². The molecular formula is C33H39FO9S2. The molecular weight excluding hydrogens is 623 g/mol. The van der Waals surface area contributed by atoms with E-state index in [1.807, 2.05) is 0 Å². The first-order valence-corrected chi connectivity index (χ1v) is 17.9. The van der Waals surface area contributed by atoms with Gasteiger partial charge in [-0.25, -0.2) is 4.39 Å². The minimum Gasteiger partial charge on any atom is -0.465 e. The van der Waals surface area contributed by atoms with Gasteiger partial charge in [-0.05, 0) is 112 Å². The van der Waals surface area contributed by atoms with E-state index >= 15 is 0 Å². The van der Waals surface area contributed by atoms with Crippen molar-refractivity contribution in [3.8, 4) is 5.75 Å². The van der Waals surface area contributed by atoms with Crippen molar-refractivity contribution in [3.63, 3.8) is 0 Å². The van der Waals surface area contributed by atoms with Crippen molar-refractivity contribution in [2.45, 2.75) is 93.3 Å². The molecule has 1 saturated heterocycles. The van der Waals surface area contributed by atoms with E-state index in [0.717, 1.165) is 24.0 Å². The normalized spacial score (nSPS) is 20.1. The number of aryl methyl sites for hydroxylation is 2. The second-order valence-electron chi connectivity index (χ2n) is 12.6. The zero-order valence-electron chi connectivity index (χ0n) is 25.3. The second kappa shape index (κ2) is 12.7. The lowest BCUT2D eigenvalue weighted by Crippen LogP contribution is -2.40. The van der Waals surface area contributed by atoms with E-state index in [0.29, 0.717) is 42.6 Å². The Hall–Kier alpha value is -2.87. The summed E-state index contributed by atoms with van der Waals surface area (Å²) in [7, 11) is -9.16. The van der Waals surface area contributed by atoms with E-state index in [4.69, 9.17) is 9.47 Å². The lowest BCUT2D eigenvalue weighted by Gasteiger charge is -2.45. The minimum absolute atomic E-state index is 0.134. The molecule has 1 aliphatic carbocycles. The number of benzene rings is 3. The Balaban J connectivity index is 1.51. The van der Waals surface area contributed by atoms with Crippen LogP contribution in [0.1, 0.15) is 72.8 Å². The Labute approximate surface area is 263 Å². The highest BCUT2D eigenvalue weighted by Crippen LogP contribution is 2.50. The summed E-state index contributed by atoms with van der Waals surface area (Å²) in [6.07, 6.45) is 3.18. The highest BCUT2D eigenvalue weighted by molar-refractivity contribution is 7.86. The number of hydrogen-bond donors (Lipinski definition) is 3. The lowest BCUT2D eigenvalue weighted by molar-refractivity contribution is -0.106. The van der Waals surface area contributed by atoms with E-state index in [1.54, 1.807) is 44.2 Å². The summed E-state index contributed by atoms with van der Waals surface area (Å²) in [4.78, 5) is -0.492. The Kier molecular flexibility index (Phi) is 9.48. The topological polar surface area (TPSA) is 147 Å². The molecule has 12 heteroatoms. The van der Waals surface area contributed by atoms with Gasteiger partial charge in [0.2, 0.25) is 0 Å². The zero-order chi connectivity index (χ0) is 32.6. The molecule has 3 aromatic rings. The summed E-state index contributed by atoms with van der Waals surface area (Å²) in [5.41, 5.74) is 0.344. The smallest absolute Gasteiger partial charge is 0.294 e. The Morgan fingerprint density at radius 1 is 0.822 bits per heavy atom. The molecule has 1 atom stereocenters. The molecule has 45 heavy (non-hydrogen) atoms. The molecule has 3 N–H and O–H groups in total. The highest BCUT2D eigenvalue weighted by atomic mass is 32.2. The maximum absolute atomic E-state index is 14.8. The predicted molar refractivity (Wildman–Crippen MR) is 165 cm³/mol. The highest BCUT2D eigenvalue weighted by Gasteiger charge is 2.44. The van der Waals surface area contributed by atoms with Crippen LogP contribution in [0.2, 0.25) is 0 Å². The van der Waals surface area contributed by atoms with Crippen LogP contribution in [-0.4, -0.2) is 43.9 Å². The SMILES string of the molecule is Cc1ccc(S(=O)(=O)O)c(CC2(Cc3cc(C)ccc3S(=O)(=O)O)CCC(O)(c3cc(F)cc(OC4CCCCO4)c3)CC2)c1. The molecule has 0 aromatic heterocycles. The molecule has 1 heterocycles. The third-order valence-corrected chi connectivity index (χ3v) is 11.0. The summed E-state index contributed by atoms with van der Waals surface area (Å²) in [6, 6.07) is 13.3. The van der Waals surface area contributed by atoms with Gasteiger partial charge in [-0.3, -0.25) is 9.11 Å². The first kappa shape index (κ1) is 33.5. The van der Waals surface area contributed by atoms with Crippen LogP contribution in [0.15, 0.2) is 64.4 Å². The molecule has 9 nitrogen and oxygen atoms in total. The van der Waals surface area contributed by atoms with Gasteiger partial charge in [0.05, 0.1) is 22.0 Å². The fraction of sp³-hybridized carbons (Fsp3) is 0.455. The van der Waals surface area contributed by atoms with Gasteiger partial charge in [0, 0.05) is 12.5 Å². The summed E-state index contributed by atoms with van der Waals surface area (Å²) < 4.78 is 95.7. The Morgan fingerprint density at radius 2 is 1.38 bits per heavy atom. The predicted octanol–water partition coefficient (Wildman–Crippen LogP) is 6.07. The van der Waals surface area contributed by atoms with Crippen molar-refractivity contribution in [2.24, 2.45) is 5.41 Å². The Morgan fingerprint density at radius 3 is 1.87 bits per heavy atom. The third kappa shape index (κ3) is 7.93. The molecule has 2 aliphatic rings. The van der Waals surface area contributed by atoms with Crippen molar-refractivity contribution >= 4 is 20.2 Å². The maximum Gasteiger partial charge on any atom is 0.294 e. The standard InChI is InChI=1S/C33H39FO9S2/c1-22-6-8-29(44(36,37)38)24(15-22)20-32(21-25-16-23(2)7-9-30(25)45(39,40)41)10-12-33(35,13-11-32)26-17-27(34)19-28(18-26)43-31-5-3-4-14-42-31/h6-9,15-19,31,35H,3-5,10-14,20-21H2,1-2H3,(H,36,37,38)(H,39,40,41). The van der Waals surface area contributed by atoms with Crippen molar-refractivity contribution in [1.29, 1.82) is 0 Å². The van der Waals surface area contributed by atoms with Gasteiger partial charge in [0.1, 0.15) is 11.6 Å². The summed E-state index contributed by atoms with van der Waals surface area (Å²) in [5, 5.41) is 11.9. The Bertz CT molecular complexity index is 1690. The van der Waals surface area contributed by atoms with Crippen molar-refractivity contribution in [1.82, 2.24) is 0 Å². The molecule has 1 unspecified atom stereocenters. The maximum atomic E-state index is 14.8. The van der Waals surface area contributed by atoms with Gasteiger partial charge in [-0.15, -0.1) is 0 Å². The molecule has 0 amide bonds. The molecule has 5 rings (SSSR count). The van der Waals surface area contributed by atoms with Gasteiger partial charge in [0.25, 0.3) is 20.2 Å². The minimum atomic E-state index is -4.58. The van der Waals surface area contributed by atoms with E-state index in [2.05, 4.69) is 0 Å². The molecule has 3 aromatic carbocycles. The molecule has 0 radical (unpaired) electrons. The van der Waals surface area contributed by atoms with Crippen LogP contribution in [0.3, 0.4) is 0 Å². The third-order valence-electron chi connectivity index (χ3n) is 9.07. The number of aliphatic hydroxyl groups is 1. The summed E-state index contributed by atoms with van der Waals surface area (Å²) >= 11 is 0. The van der Waals surface area contributed by atoms with Crippen LogP contribution < -0.4 is 4.74 Å². The fourth-order valence-electron chi connectivity index (χ4n) is 6.76. The average Bonchev–Trinajstić information content (AvgIpc) is 2.94. The zero-order valence-corrected chi connectivity index (χ0v) is 27.0. The van der Waals surface area contributed by atoms with Crippen molar-refractivity contribution in [2.75, 3.05) is 6.61 Å². The van der Waals surface area contributed by atoms with Crippen LogP contribution in [0.5, 0.6) is 5.75 Å². The second-order valence-corrected chi connectivity index (χ2v) is 15.4. The largest absolute Gasteiger partial charge is 0.465 e. The van der Waals surface area contributed by atoms with Gasteiger partial charge in [-0.1, -0.05) is 35.4 Å². The van der Waals surface area contributed by atoms with Crippen LogP contribution in [0, 0.1) is 25.1 Å². The molecule has 244 valence electrons. The number of halogens is 1. The van der Waals surface area contributed by atoms with Gasteiger partial charge < -0.3 is 14.6 Å². The molecule has 0 bridgehead atoms. The van der Waals surface area contributed by atoms with Crippen LogP contribution >= 0.6 is 0 Å². The van der Waals surface area contributed by atoms with E-state index in [9.17, 15) is 35.4 Å². The first-order valence-electron chi connectivity index (χ1n) is 15.0. The molecule has 2 fully saturated rings. The monoisotopic (exact) mass is 662 g/mol. The number of ether oxygens (including phenoxy) is 2. The van der Waals surface area contributed by atoms with Gasteiger partial charge in [0.15, 0.2) is 6.29 Å². The lowest BCUT2D eigenvalue weighted by atomic mass is 9.62. The number of hydrogen-bond acceptors (Lipinski definition) is 7. The van der Waals surface area contributed by atoms with Gasteiger partial charge >= 0.3 is 0 Å². The summed E-state index contributed by atoms with van der Waals surface area (Å²) in [5.74, 6) is -0.323. The molecule has 1 saturated carbocycles. The fourth-order valence-corrected chi connectivity index (χ4v) is 8.16. The van der Waals surface area contributed by atoms with Crippen molar-refractivity contribution < 1.29 is 44.9 Å². The molecule has 1 aliphatic heterocycles. The first-order chi connectivity index (χ1) is 21.1.